The molecule has 0 radical (unpaired) electrons. The van der Waals surface area contributed by atoms with Gasteiger partial charge in [-0.3, -0.25) is 0 Å². The van der Waals surface area contributed by atoms with Crippen LogP contribution in [0.3, 0.4) is 0 Å². The van der Waals surface area contributed by atoms with Crippen LogP contribution in [-0.4, -0.2) is 25.7 Å². The summed E-state index contributed by atoms with van der Waals surface area (Å²) in [6.45, 7) is 4.35. The van der Waals surface area contributed by atoms with Gasteiger partial charge in [-0.15, -0.1) is 0 Å². The normalized spacial score (nSPS) is 10.9. The number of urea groups is 1. The average Bonchev–Trinajstić information content (AvgIpc) is 2.64. The Morgan fingerprint density at radius 3 is 2.31 bits per heavy atom. The van der Waals surface area contributed by atoms with Crippen LogP contribution in [0.4, 0.5) is 9.18 Å². The number of hydrogen-bond donors (Lipinski definition) is 2. The first-order valence-corrected chi connectivity index (χ1v) is 8.27. The van der Waals surface area contributed by atoms with Crippen molar-refractivity contribution in [3.8, 4) is 0 Å². The molecule has 0 atom stereocenters. The minimum Gasteiger partial charge on any atom is -0.465 e. The summed E-state index contributed by atoms with van der Waals surface area (Å²) < 4.78 is 18.6. The molecular weight excluding hydrogens is 335 g/mol. The fourth-order valence-electron chi connectivity index (χ4n) is 2.53. The van der Waals surface area contributed by atoms with E-state index in [2.05, 4.69) is 15.4 Å². The van der Waals surface area contributed by atoms with Crippen molar-refractivity contribution >= 4 is 12.0 Å². The number of benzene rings is 2. The number of rotatable bonds is 6. The molecule has 2 rings (SSSR count). The Bertz CT molecular complexity index is 773. The average molecular weight is 358 g/mol. The molecule has 0 aliphatic carbocycles. The van der Waals surface area contributed by atoms with E-state index in [9.17, 15) is 14.0 Å². The fraction of sp³-hybridized carbons (Fsp3) is 0.300. The molecule has 2 amide bonds. The highest BCUT2D eigenvalue weighted by Gasteiger charge is 2.24. The van der Waals surface area contributed by atoms with Crippen molar-refractivity contribution in [1.82, 2.24) is 10.6 Å². The lowest BCUT2D eigenvalue weighted by molar-refractivity contribution is 0.0600. The van der Waals surface area contributed by atoms with Gasteiger partial charge >= 0.3 is 12.0 Å². The highest BCUT2D eigenvalue weighted by Crippen LogP contribution is 2.24. The van der Waals surface area contributed by atoms with Gasteiger partial charge < -0.3 is 15.4 Å². The lowest BCUT2D eigenvalue weighted by atomic mass is 9.84. The predicted octanol–water partition coefficient (Wildman–Crippen LogP) is 3.39. The zero-order valence-electron chi connectivity index (χ0n) is 15.1. The number of methoxy groups -OCH3 is 1. The number of nitrogens with one attached hydrogen (secondary N) is 2. The number of carbonyl (C=O) groups excluding carboxylic acids is 2. The summed E-state index contributed by atoms with van der Waals surface area (Å²) in [7, 11) is 1.32. The molecule has 2 N–H and O–H groups in total. The summed E-state index contributed by atoms with van der Waals surface area (Å²) in [5.74, 6) is -0.692. The summed E-state index contributed by atoms with van der Waals surface area (Å²) >= 11 is 0. The van der Waals surface area contributed by atoms with Gasteiger partial charge in [-0.05, 0) is 29.3 Å². The molecular formula is C20H23FN2O3. The van der Waals surface area contributed by atoms with Crippen molar-refractivity contribution in [2.75, 3.05) is 13.7 Å². The molecule has 0 saturated heterocycles. The van der Waals surface area contributed by atoms with Crippen LogP contribution >= 0.6 is 0 Å². The van der Waals surface area contributed by atoms with Crippen LogP contribution in [0.1, 0.15) is 35.3 Å². The van der Waals surface area contributed by atoms with Crippen LogP contribution in [0.5, 0.6) is 0 Å². The molecule has 26 heavy (non-hydrogen) atoms. The van der Waals surface area contributed by atoms with Crippen molar-refractivity contribution in [2.24, 2.45) is 0 Å². The van der Waals surface area contributed by atoms with Crippen LogP contribution in [-0.2, 0) is 16.7 Å². The summed E-state index contributed by atoms with van der Waals surface area (Å²) in [5, 5.41) is 5.51. The second-order valence-electron chi connectivity index (χ2n) is 6.59. The lowest BCUT2D eigenvalue weighted by Crippen LogP contribution is -2.42. The molecule has 0 bridgehead atoms. The van der Waals surface area contributed by atoms with E-state index in [1.54, 1.807) is 42.5 Å². The summed E-state index contributed by atoms with van der Waals surface area (Å²) in [6.07, 6.45) is 0. The Morgan fingerprint density at radius 1 is 1.04 bits per heavy atom. The molecule has 0 heterocycles. The summed E-state index contributed by atoms with van der Waals surface area (Å²) in [4.78, 5) is 23.4. The number of amides is 2. The molecule has 0 unspecified atom stereocenters. The number of ether oxygens (including phenoxy) is 1. The third-order valence-corrected chi connectivity index (χ3v) is 4.12. The standard InChI is InChI=1S/C20H23FN2O3/c1-20(2,16-6-4-5-7-17(16)21)13-23-19(25)22-12-14-8-10-15(11-9-14)18(24)26-3/h4-11H,12-13H2,1-3H3,(H2,22,23,25). The van der Waals surface area contributed by atoms with E-state index in [-0.39, 0.29) is 11.8 Å². The Hall–Kier alpha value is -2.89. The number of carbonyl (C=O) groups is 2. The smallest absolute Gasteiger partial charge is 0.337 e. The Balaban J connectivity index is 1.85. The van der Waals surface area contributed by atoms with Crippen LogP contribution < -0.4 is 10.6 Å². The van der Waals surface area contributed by atoms with Gasteiger partial charge in [0.25, 0.3) is 0 Å². The SMILES string of the molecule is COC(=O)c1ccc(CNC(=O)NCC(C)(C)c2ccccc2F)cc1. The van der Waals surface area contributed by atoms with E-state index in [4.69, 9.17) is 0 Å². The molecule has 0 fully saturated rings. The first-order chi connectivity index (χ1) is 12.3. The monoisotopic (exact) mass is 358 g/mol. The Kier molecular flexibility index (Phi) is 6.33. The topological polar surface area (TPSA) is 67.4 Å². The molecule has 2 aromatic rings. The van der Waals surface area contributed by atoms with E-state index in [1.165, 1.54) is 13.2 Å². The first-order valence-electron chi connectivity index (χ1n) is 8.27. The van der Waals surface area contributed by atoms with Gasteiger partial charge in [-0.2, -0.15) is 0 Å². The highest BCUT2D eigenvalue weighted by molar-refractivity contribution is 5.89. The van der Waals surface area contributed by atoms with Crippen molar-refractivity contribution in [3.05, 3.63) is 71.0 Å². The number of hydrogen-bond acceptors (Lipinski definition) is 3. The molecule has 2 aromatic carbocycles. The second-order valence-corrected chi connectivity index (χ2v) is 6.59. The van der Waals surface area contributed by atoms with Crippen LogP contribution in [0.25, 0.3) is 0 Å². The molecule has 138 valence electrons. The van der Waals surface area contributed by atoms with E-state index in [0.717, 1.165) is 5.56 Å². The van der Waals surface area contributed by atoms with Gasteiger partial charge in [0.2, 0.25) is 0 Å². The molecule has 6 heteroatoms. The van der Waals surface area contributed by atoms with Gasteiger partial charge in [-0.25, -0.2) is 14.0 Å². The van der Waals surface area contributed by atoms with Crippen molar-refractivity contribution in [1.29, 1.82) is 0 Å². The minimum atomic E-state index is -0.537. The molecule has 0 aliphatic heterocycles. The molecule has 5 nitrogen and oxygen atoms in total. The zero-order chi connectivity index (χ0) is 19.2. The maximum absolute atomic E-state index is 13.9. The van der Waals surface area contributed by atoms with Crippen molar-refractivity contribution < 1.29 is 18.7 Å². The maximum atomic E-state index is 13.9. The summed E-state index contributed by atoms with van der Waals surface area (Å²) in [6, 6.07) is 13.0. The predicted molar refractivity (Wildman–Crippen MR) is 97.4 cm³/mol. The second kappa shape index (κ2) is 8.47. The quantitative estimate of drug-likeness (QED) is 0.778. The highest BCUT2D eigenvalue weighted by atomic mass is 19.1. The Morgan fingerprint density at radius 2 is 1.69 bits per heavy atom. The van der Waals surface area contributed by atoms with Gasteiger partial charge in [0.1, 0.15) is 5.82 Å². The van der Waals surface area contributed by atoms with Crippen LogP contribution in [0.15, 0.2) is 48.5 Å². The third kappa shape index (κ3) is 5.05. The maximum Gasteiger partial charge on any atom is 0.337 e. The van der Waals surface area contributed by atoms with Crippen molar-refractivity contribution in [2.45, 2.75) is 25.8 Å². The Labute approximate surface area is 152 Å². The molecule has 0 aromatic heterocycles. The van der Waals surface area contributed by atoms with Gasteiger partial charge in [0.05, 0.1) is 12.7 Å². The number of halogens is 1. The molecule has 0 saturated carbocycles. The van der Waals surface area contributed by atoms with Gasteiger partial charge in [0, 0.05) is 18.5 Å². The largest absolute Gasteiger partial charge is 0.465 e. The third-order valence-electron chi connectivity index (χ3n) is 4.12. The van der Waals surface area contributed by atoms with Gasteiger partial charge in [0.15, 0.2) is 0 Å². The van der Waals surface area contributed by atoms with Crippen molar-refractivity contribution in [3.63, 3.8) is 0 Å². The number of esters is 1. The van der Waals surface area contributed by atoms with E-state index in [0.29, 0.717) is 24.2 Å². The minimum absolute atomic E-state index is 0.287. The first kappa shape index (κ1) is 19.4. The molecule has 0 spiro atoms. The van der Waals surface area contributed by atoms with E-state index < -0.39 is 11.4 Å². The van der Waals surface area contributed by atoms with Crippen LogP contribution in [0, 0.1) is 5.82 Å². The summed E-state index contributed by atoms with van der Waals surface area (Å²) in [5.41, 5.74) is 1.32. The molecule has 0 aliphatic rings. The zero-order valence-corrected chi connectivity index (χ0v) is 15.1. The van der Waals surface area contributed by atoms with E-state index >= 15 is 0 Å². The van der Waals surface area contributed by atoms with Crippen LogP contribution in [0.2, 0.25) is 0 Å². The van der Waals surface area contributed by atoms with E-state index in [1.807, 2.05) is 13.8 Å². The fourth-order valence-corrected chi connectivity index (χ4v) is 2.53. The van der Waals surface area contributed by atoms with Gasteiger partial charge in [-0.1, -0.05) is 44.2 Å². The lowest BCUT2D eigenvalue weighted by Gasteiger charge is -2.26.